The number of hydrogen-bond acceptors (Lipinski definition) is 1. The lowest BCUT2D eigenvalue weighted by molar-refractivity contribution is 0.277. The number of rotatable bonds is 2. The summed E-state index contributed by atoms with van der Waals surface area (Å²) in [6, 6.07) is 0. The first-order valence-electron chi connectivity index (χ1n) is 3.02. The average Bonchev–Trinajstić information content (AvgIpc) is 2.25. The van der Waals surface area contributed by atoms with E-state index in [-0.39, 0.29) is 6.61 Å². The molecule has 3 atom stereocenters. The molecular formula is C6H11ClO. The van der Waals surface area contributed by atoms with Crippen molar-refractivity contribution in [1.82, 2.24) is 0 Å². The summed E-state index contributed by atoms with van der Waals surface area (Å²) in [5.74, 6) is 1.24. The van der Waals surface area contributed by atoms with Crippen molar-refractivity contribution < 1.29 is 5.11 Å². The highest BCUT2D eigenvalue weighted by Gasteiger charge is 2.44. The third-order valence-corrected chi connectivity index (χ3v) is 2.63. The minimum Gasteiger partial charge on any atom is -0.396 e. The summed E-state index contributed by atoms with van der Waals surface area (Å²) < 4.78 is 0. The van der Waals surface area contributed by atoms with Crippen LogP contribution < -0.4 is 0 Å². The molecule has 0 spiro atoms. The van der Waals surface area contributed by atoms with Crippen LogP contribution in [-0.4, -0.2) is 17.1 Å². The molecule has 8 heavy (non-hydrogen) atoms. The Bertz CT molecular complexity index is 76.6. The van der Waals surface area contributed by atoms with Gasteiger partial charge in [0.25, 0.3) is 0 Å². The average molecular weight is 135 g/mol. The predicted octanol–water partition coefficient (Wildman–Crippen LogP) is 1.24. The largest absolute Gasteiger partial charge is 0.396 e. The highest BCUT2D eigenvalue weighted by atomic mass is 35.5. The van der Waals surface area contributed by atoms with Crippen LogP contribution >= 0.6 is 11.6 Å². The van der Waals surface area contributed by atoms with Gasteiger partial charge in [0.05, 0.1) is 0 Å². The topological polar surface area (TPSA) is 20.2 Å². The van der Waals surface area contributed by atoms with Crippen LogP contribution in [0.25, 0.3) is 0 Å². The maximum absolute atomic E-state index is 8.45. The SMILES string of the molecule is CC1C(Cl)C1CCO. The number of aliphatic hydroxyl groups is 1. The van der Waals surface area contributed by atoms with Gasteiger partial charge in [-0.15, -0.1) is 11.6 Å². The Morgan fingerprint density at radius 2 is 2.12 bits per heavy atom. The lowest BCUT2D eigenvalue weighted by Gasteiger charge is -1.86. The summed E-state index contributed by atoms with van der Waals surface area (Å²) >= 11 is 5.77. The zero-order valence-corrected chi connectivity index (χ0v) is 5.73. The molecule has 1 nitrogen and oxygen atoms in total. The molecule has 1 aliphatic carbocycles. The van der Waals surface area contributed by atoms with Crippen LogP contribution in [0, 0.1) is 11.8 Å². The van der Waals surface area contributed by atoms with Gasteiger partial charge in [-0.1, -0.05) is 6.92 Å². The lowest BCUT2D eigenvalue weighted by atomic mass is 10.3. The van der Waals surface area contributed by atoms with E-state index in [1.165, 1.54) is 0 Å². The van der Waals surface area contributed by atoms with Crippen LogP contribution in [0.1, 0.15) is 13.3 Å². The molecule has 3 unspecified atom stereocenters. The van der Waals surface area contributed by atoms with Crippen LogP contribution in [0.4, 0.5) is 0 Å². The van der Waals surface area contributed by atoms with Gasteiger partial charge in [-0.3, -0.25) is 0 Å². The van der Waals surface area contributed by atoms with Crippen LogP contribution in [-0.2, 0) is 0 Å². The van der Waals surface area contributed by atoms with Crippen LogP contribution in [0.15, 0.2) is 0 Å². The molecule has 1 rings (SSSR count). The minimum absolute atomic E-state index is 0.290. The molecule has 1 aliphatic rings. The van der Waals surface area contributed by atoms with Crippen molar-refractivity contribution >= 4 is 11.6 Å². The third kappa shape index (κ3) is 0.981. The monoisotopic (exact) mass is 134 g/mol. The van der Waals surface area contributed by atoms with Gasteiger partial charge in [-0.2, -0.15) is 0 Å². The summed E-state index contributed by atoms with van der Waals surface area (Å²) in [5.41, 5.74) is 0. The van der Waals surface area contributed by atoms with Gasteiger partial charge in [0.1, 0.15) is 0 Å². The smallest absolute Gasteiger partial charge is 0.0434 e. The number of aliphatic hydroxyl groups excluding tert-OH is 1. The summed E-state index contributed by atoms with van der Waals surface area (Å²) in [5, 5.41) is 8.80. The van der Waals surface area contributed by atoms with E-state index in [1.54, 1.807) is 0 Å². The Hall–Kier alpha value is 0.250. The first kappa shape index (κ1) is 6.37. The number of alkyl halides is 1. The minimum atomic E-state index is 0.290. The Morgan fingerprint density at radius 1 is 1.62 bits per heavy atom. The fourth-order valence-electron chi connectivity index (χ4n) is 1.06. The second kappa shape index (κ2) is 2.24. The van der Waals surface area contributed by atoms with E-state index in [2.05, 4.69) is 6.92 Å². The molecule has 2 heteroatoms. The molecule has 0 aromatic carbocycles. The van der Waals surface area contributed by atoms with E-state index >= 15 is 0 Å². The molecule has 0 amide bonds. The van der Waals surface area contributed by atoms with Crippen molar-refractivity contribution in [3.05, 3.63) is 0 Å². The molecule has 0 aromatic heterocycles. The molecule has 1 N–H and O–H groups in total. The molecule has 48 valence electrons. The molecule has 0 aliphatic heterocycles. The quantitative estimate of drug-likeness (QED) is 0.564. The zero-order valence-electron chi connectivity index (χ0n) is 4.97. The molecule has 0 bridgehead atoms. The Morgan fingerprint density at radius 3 is 2.25 bits per heavy atom. The predicted molar refractivity (Wildman–Crippen MR) is 34.0 cm³/mol. The van der Waals surface area contributed by atoms with Gasteiger partial charge in [-0.25, -0.2) is 0 Å². The standard InChI is InChI=1S/C6H11ClO/c1-4-5(2-3-8)6(4)7/h4-6,8H,2-3H2,1H3. The van der Waals surface area contributed by atoms with Crippen molar-refractivity contribution in [2.75, 3.05) is 6.61 Å². The van der Waals surface area contributed by atoms with Crippen molar-refractivity contribution in [2.24, 2.45) is 11.8 Å². The summed E-state index contributed by atoms with van der Waals surface area (Å²) in [7, 11) is 0. The number of hydrogen-bond donors (Lipinski definition) is 1. The van der Waals surface area contributed by atoms with Crippen molar-refractivity contribution in [3.63, 3.8) is 0 Å². The molecular weight excluding hydrogens is 124 g/mol. The molecule has 0 radical (unpaired) electrons. The molecule has 0 saturated heterocycles. The van der Waals surface area contributed by atoms with E-state index in [1.807, 2.05) is 0 Å². The summed E-state index contributed by atoms with van der Waals surface area (Å²) in [6.07, 6.45) is 0.884. The second-order valence-electron chi connectivity index (χ2n) is 2.48. The Labute approximate surface area is 54.7 Å². The highest BCUT2D eigenvalue weighted by molar-refractivity contribution is 6.22. The van der Waals surface area contributed by atoms with Crippen molar-refractivity contribution in [1.29, 1.82) is 0 Å². The van der Waals surface area contributed by atoms with Gasteiger partial charge in [0.2, 0.25) is 0 Å². The van der Waals surface area contributed by atoms with Crippen LogP contribution in [0.3, 0.4) is 0 Å². The van der Waals surface area contributed by atoms with E-state index < -0.39 is 0 Å². The van der Waals surface area contributed by atoms with E-state index in [9.17, 15) is 0 Å². The summed E-state index contributed by atoms with van der Waals surface area (Å²) in [4.78, 5) is 0. The fourth-order valence-corrected chi connectivity index (χ4v) is 1.52. The zero-order chi connectivity index (χ0) is 6.15. The second-order valence-corrected chi connectivity index (χ2v) is 2.98. The van der Waals surface area contributed by atoms with Crippen LogP contribution in [0.5, 0.6) is 0 Å². The normalized spacial score (nSPS) is 44.6. The molecule has 1 saturated carbocycles. The summed E-state index contributed by atoms with van der Waals surface area (Å²) in [6.45, 7) is 2.41. The lowest BCUT2D eigenvalue weighted by Crippen LogP contribution is -1.86. The van der Waals surface area contributed by atoms with Gasteiger partial charge in [0, 0.05) is 12.0 Å². The van der Waals surface area contributed by atoms with E-state index in [0.717, 1.165) is 6.42 Å². The molecule has 1 fully saturated rings. The van der Waals surface area contributed by atoms with Crippen LogP contribution in [0.2, 0.25) is 0 Å². The van der Waals surface area contributed by atoms with E-state index in [0.29, 0.717) is 17.2 Å². The van der Waals surface area contributed by atoms with Gasteiger partial charge < -0.3 is 5.11 Å². The van der Waals surface area contributed by atoms with Gasteiger partial charge in [0.15, 0.2) is 0 Å². The Kier molecular flexibility index (Phi) is 1.78. The molecule has 0 aromatic rings. The Balaban J connectivity index is 2.13. The van der Waals surface area contributed by atoms with Crippen molar-refractivity contribution in [2.45, 2.75) is 18.7 Å². The highest BCUT2D eigenvalue weighted by Crippen LogP contribution is 2.45. The number of halogens is 1. The third-order valence-electron chi connectivity index (χ3n) is 1.91. The van der Waals surface area contributed by atoms with Gasteiger partial charge >= 0.3 is 0 Å². The first-order chi connectivity index (χ1) is 3.77. The first-order valence-corrected chi connectivity index (χ1v) is 3.46. The molecule has 0 heterocycles. The maximum atomic E-state index is 8.45. The van der Waals surface area contributed by atoms with Crippen molar-refractivity contribution in [3.8, 4) is 0 Å². The van der Waals surface area contributed by atoms with Gasteiger partial charge in [-0.05, 0) is 18.3 Å². The maximum Gasteiger partial charge on any atom is 0.0434 e. The van der Waals surface area contributed by atoms with E-state index in [4.69, 9.17) is 16.7 Å². The fraction of sp³-hybridized carbons (Fsp3) is 1.00.